The number of carbonyl (C=O) groups is 1. The van der Waals surface area contributed by atoms with Crippen molar-refractivity contribution in [3.05, 3.63) is 50.2 Å². The van der Waals surface area contributed by atoms with Crippen LogP contribution in [0.1, 0.15) is 28.1 Å². The van der Waals surface area contributed by atoms with Gasteiger partial charge in [-0.3, -0.25) is 14.9 Å². The molecule has 1 saturated heterocycles. The summed E-state index contributed by atoms with van der Waals surface area (Å²) in [5.41, 5.74) is 1.23. The van der Waals surface area contributed by atoms with E-state index in [4.69, 9.17) is 0 Å². The number of hydrogen-bond acceptors (Lipinski definition) is 6. The number of hydrogen-bond donors (Lipinski definition) is 0. The van der Waals surface area contributed by atoms with Crippen molar-refractivity contribution in [2.75, 3.05) is 24.5 Å². The van der Waals surface area contributed by atoms with E-state index in [1.54, 1.807) is 11.4 Å². The van der Waals surface area contributed by atoms with Gasteiger partial charge in [-0.25, -0.2) is 8.42 Å². The van der Waals surface area contributed by atoms with Crippen molar-refractivity contribution < 1.29 is 18.1 Å². The summed E-state index contributed by atoms with van der Waals surface area (Å²) in [5.74, 6) is -0.429. The summed E-state index contributed by atoms with van der Waals surface area (Å²) in [6, 6.07) is 5.91. The topological polar surface area (TPSA) is 101 Å². The van der Waals surface area contributed by atoms with Crippen molar-refractivity contribution in [1.82, 2.24) is 4.31 Å². The van der Waals surface area contributed by atoms with Crippen LogP contribution in [0.3, 0.4) is 0 Å². The van der Waals surface area contributed by atoms with E-state index in [0.717, 1.165) is 29.7 Å². The first-order chi connectivity index (χ1) is 12.9. The molecule has 3 heterocycles. The van der Waals surface area contributed by atoms with Gasteiger partial charge in [-0.1, -0.05) is 6.07 Å². The number of nitro groups is 1. The van der Waals surface area contributed by atoms with E-state index in [9.17, 15) is 23.3 Å². The average Bonchev–Trinajstić information content (AvgIpc) is 3.40. The lowest BCUT2D eigenvalue weighted by atomic mass is 10.1. The van der Waals surface area contributed by atoms with Crippen molar-refractivity contribution in [2.24, 2.45) is 0 Å². The second-order valence-electron chi connectivity index (χ2n) is 6.50. The fourth-order valence-corrected chi connectivity index (χ4v) is 6.40. The third-order valence-electron chi connectivity index (χ3n) is 4.93. The van der Waals surface area contributed by atoms with Crippen LogP contribution in [0, 0.1) is 10.1 Å². The molecule has 10 heteroatoms. The van der Waals surface area contributed by atoms with E-state index < -0.39 is 20.9 Å². The average molecular weight is 407 g/mol. The molecule has 0 bridgehead atoms. The van der Waals surface area contributed by atoms with Gasteiger partial charge in [-0.15, -0.1) is 11.3 Å². The maximum Gasteiger partial charge on any atom is 0.271 e. The van der Waals surface area contributed by atoms with Crippen molar-refractivity contribution >= 4 is 38.6 Å². The van der Waals surface area contributed by atoms with Gasteiger partial charge < -0.3 is 4.90 Å². The number of nitrogens with zero attached hydrogens (tertiary/aromatic N) is 3. The number of sulfonamides is 1. The highest BCUT2D eigenvalue weighted by Crippen LogP contribution is 2.35. The molecule has 0 N–H and O–H groups in total. The zero-order chi connectivity index (χ0) is 19.2. The molecule has 4 rings (SSSR count). The lowest BCUT2D eigenvalue weighted by Gasteiger charge is -2.19. The van der Waals surface area contributed by atoms with E-state index in [-0.39, 0.29) is 15.5 Å². The Morgan fingerprint density at radius 3 is 2.59 bits per heavy atom. The molecule has 0 aliphatic carbocycles. The largest absolute Gasteiger partial charge is 0.307 e. The molecule has 0 saturated carbocycles. The van der Waals surface area contributed by atoms with E-state index in [1.165, 1.54) is 27.4 Å². The SMILES string of the molecule is O=C(c1sccc1S(=O)(=O)N1CCCC1)N1CCc2ccc([N+](=O)[O-])cc21. The van der Waals surface area contributed by atoms with Gasteiger partial charge in [0.05, 0.1) is 10.6 Å². The summed E-state index contributed by atoms with van der Waals surface area (Å²) in [5, 5.41) is 12.7. The maximum absolute atomic E-state index is 13.1. The number of carbonyl (C=O) groups excluding carboxylic acids is 1. The Morgan fingerprint density at radius 2 is 1.89 bits per heavy atom. The highest BCUT2D eigenvalue weighted by molar-refractivity contribution is 7.89. The monoisotopic (exact) mass is 407 g/mol. The summed E-state index contributed by atoms with van der Waals surface area (Å²) < 4.78 is 27.2. The minimum Gasteiger partial charge on any atom is -0.307 e. The molecule has 0 radical (unpaired) electrons. The third-order valence-corrected chi connectivity index (χ3v) is 7.90. The Kier molecular flexibility index (Phi) is 4.49. The molecule has 8 nitrogen and oxygen atoms in total. The van der Waals surface area contributed by atoms with Gasteiger partial charge >= 0.3 is 0 Å². The summed E-state index contributed by atoms with van der Waals surface area (Å²) in [4.78, 5) is 25.3. The number of rotatable bonds is 4. The number of anilines is 1. The van der Waals surface area contributed by atoms with Crippen LogP contribution in [0.15, 0.2) is 34.5 Å². The Morgan fingerprint density at radius 1 is 1.15 bits per heavy atom. The maximum atomic E-state index is 13.1. The normalized spacial score (nSPS) is 17.3. The summed E-state index contributed by atoms with van der Waals surface area (Å²) in [6.07, 6.45) is 2.21. The molecule has 2 aromatic rings. The summed E-state index contributed by atoms with van der Waals surface area (Å²) >= 11 is 1.08. The predicted octanol–water partition coefficient (Wildman–Crippen LogP) is 2.64. The Balaban J connectivity index is 1.70. The summed E-state index contributed by atoms with van der Waals surface area (Å²) in [7, 11) is -3.71. The number of non-ortho nitro benzene ring substituents is 1. The number of benzene rings is 1. The third kappa shape index (κ3) is 3.03. The van der Waals surface area contributed by atoms with Crippen LogP contribution in [0.2, 0.25) is 0 Å². The van der Waals surface area contributed by atoms with Crippen LogP contribution in [-0.2, 0) is 16.4 Å². The number of thiophene rings is 1. The molecule has 1 amide bonds. The highest BCUT2D eigenvalue weighted by Gasteiger charge is 2.35. The molecule has 1 aromatic heterocycles. The van der Waals surface area contributed by atoms with Crippen molar-refractivity contribution in [3.8, 4) is 0 Å². The van der Waals surface area contributed by atoms with Gasteiger partial charge in [0.25, 0.3) is 11.6 Å². The number of nitro benzene ring substituents is 1. The number of fused-ring (bicyclic) bond motifs is 1. The lowest BCUT2D eigenvalue weighted by Crippen LogP contribution is -2.32. The lowest BCUT2D eigenvalue weighted by molar-refractivity contribution is -0.384. The smallest absolute Gasteiger partial charge is 0.271 e. The fraction of sp³-hybridized carbons (Fsp3) is 0.353. The molecule has 1 fully saturated rings. The predicted molar refractivity (Wildman–Crippen MR) is 101 cm³/mol. The molecule has 1 aromatic carbocycles. The van der Waals surface area contributed by atoms with Crippen LogP contribution in [-0.4, -0.2) is 43.2 Å². The van der Waals surface area contributed by atoms with Gasteiger partial charge in [0.15, 0.2) is 0 Å². The Hall–Kier alpha value is -2.30. The standard InChI is InChI=1S/C17H17N3O5S2/c21-17(19-9-5-12-3-4-13(20(22)23)11-14(12)19)16-15(6-10-26-16)27(24,25)18-7-1-2-8-18/h3-4,6,10-11H,1-2,5,7-9H2. The van der Waals surface area contributed by atoms with Gasteiger partial charge in [-0.05, 0) is 36.3 Å². The van der Waals surface area contributed by atoms with Gasteiger partial charge in [0.2, 0.25) is 10.0 Å². The quantitative estimate of drug-likeness (QED) is 0.573. The highest BCUT2D eigenvalue weighted by atomic mass is 32.2. The van der Waals surface area contributed by atoms with Crippen LogP contribution in [0.4, 0.5) is 11.4 Å². The van der Waals surface area contributed by atoms with Crippen LogP contribution in [0.5, 0.6) is 0 Å². The van der Waals surface area contributed by atoms with E-state index >= 15 is 0 Å². The van der Waals surface area contributed by atoms with Gasteiger partial charge in [0, 0.05) is 31.8 Å². The zero-order valence-corrected chi connectivity index (χ0v) is 16.0. The first-order valence-corrected chi connectivity index (χ1v) is 10.9. The second-order valence-corrected chi connectivity index (χ2v) is 9.32. The fourth-order valence-electron chi connectivity index (χ4n) is 3.54. The molecule has 27 heavy (non-hydrogen) atoms. The minimum absolute atomic E-state index is 0.0262. The Labute approximate surface area is 160 Å². The van der Waals surface area contributed by atoms with E-state index in [2.05, 4.69) is 0 Å². The molecule has 0 atom stereocenters. The summed E-state index contributed by atoms with van der Waals surface area (Å²) in [6.45, 7) is 1.30. The van der Waals surface area contributed by atoms with E-state index in [1.807, 2.05) is 0 Å². The molecule has 2 aliphatic heterocycles. The van der Waals surface area contributed by atoms with Crippen molar-refractivity contribution in [3.63, 3.8) is 0 Å². The molecule has 0 unspecified atom stereocenters. The number of amides is 1. The van der Waals surface area contributed by atoms with Crippen LogP contribution < -0.4 is 4.90 Å². The molecule has 142 valence electrons. The second kappa shape index (κ2) is 6.70. The van der Waals surface area contributed by atoms with Crippen molar-refractivity contribution in [1.29, 1.82) is 0 Å². The molecule has 2 aliphatic rings. The molecule has 0 spiro atoms. The van der Waals surface area contributed by atoms with Gasteiger partial charge in [0.1, 0.15) is 9.77 Å². The molecular weight excluding hydrogens is 390 g/mol. The van der Waals surface area contributed by atoms with Crippen LogP contribution >= 0.6 is 11.3 Å². The molecular formula is C17H17N3O5S2. The minimum atomic E-state index is -3.71. The Bertz CT molecular complexity index is 1020. The van der Waals surface area contributed by atoms with Crippen LogP contribution in [0.25, 0.3) is 0 Å². The van der Waals surface area contributed by atoms with Gasteiger partial charge in [-0.2, -0.15) is 4.31 Å². The van der Waals surface area contributed by atoms with E-state index in [0.29, 0.717) is 31.7 Å². The first-order valence-electron chi connectivity index (χ1n) is 8.56. The first kappa shape index (κ1) is 18.1. The zero-order valence-electron chi connectivity index (χ0n) is 14.3. The van der Waals surface area contributed by atoms with Crippen molar-refractivity contribution in [2.45, 2.75) is 24.2 Å².